The van der Waals surface area contributed by atoms with Gasteiger partial charge in [-0.15, -0.1) is 6.58 Å². The molecular formula is C17H19N5O2. The van der Waals surface area contributed by atoms with E-state index in [1.54, 1.807) is 20.4 Å². The van der Waals surface area contributed by atoms with Crippen molar-refractivity contribution in [2.24, 2.45) is 0 Å². The van der Waals surface area contributed by atoms with Gasteiger partial charge in [0.1, 0.15) is 12.1 Å². The fourth-order valence-electron chi connectivity index (χ4n) is 2.61. The van der Waals surface area contributed by atoms with Crippen LogP contribution in [-0.2, 0) is 13.0 Å². The number of allylic oxidation sites excluding steroid dienone is 1. The molecule has 24 heavy (non-hydrogen) atoms. The minimum Gasteiger partial charge on any atom is -0.493 e. The van der Waals surface area contributed by atoms with Gasteiger partial charge in [0, 0.05) is 12.1 Å². The molecule has 0 saturated carbocycles. The van der Waals surface area contributed by atoms with E-state index in [-0.39, 0.29) is 0 Å². The van der Waals surface area contributed by atoms with Crippen LogP contribution in [0.2, 0.25) is 0 Å². The largest absolute Gasteiger partial charge is 0.493 e. The standard InChI is InChI=1S/C17H19N5O2/c1-4-5-12-6-11(7-14(23-2)15(12)24-3)8-18-16-13-9-21-22-17(13)20-10-19-16/h4,6-7,9-10H,1,5,8H2,2-3H3,(H2,18,19,20,21,22). The van der Waals surface area contributed by atoms with Crippen LogP contribution in [0, 0.1) is 0 Å². The number of benzene rings is 1. The average Bonchev–Trinajstić information content (AvgIpc) is 3.09. The van der Waals surface area contributed by atoms with Gasteiger partial charge >= 0.3 is 0 Å². The summed E-state index contributed by atoms with van der Waals surface area (Å²) < 4.78 is 10.9. The molecule has 0 bridgehead atoms. The van der Waals surface area contributed by atoms with Gasteiger partial charge in [0.15, 0.2) is 17.1 Å². The van der Waals surface area contributed by atoms with Gasteiger partial charge in [0.25, 0.3) is 0 Å². The molecule has 2 aromatic heterocycles. The Bertz CT molecular complexity index is 859. The number of anilines is 1. The van der Waals surface area contributed by atoms with Crippen LogP contribution in [0.15, 0.2) is 37.3 Å². The molecule has 2 heterocycles. The van der Waals surface area contributed by atoms with Gasteiger partial charge < -0.3 is 14.8 Å². The summed E-state index contributed by atoms with van der Waals surface area (Å²) in [6.45, 7) is 4.38. The van der Waals surface area contributed by atoms with Crippen molar-refractivity contribution in [3.63, 3.8) is 0 Å². The topological polar surface area (TPSA) is 85.0 Å². The van der Waals surface area contributed by atoms with Crippen LogP contribution in [-0.4, -0.2) is 34.4 Å². The zero-order valence-electron chi connectivity index (χ0n) is 13.7. The summed E-state index contributed by atoms with van der Waals surface area (Å²) in [7, 11) is 3.27. The highest BCUT2D eigenvalue weighted by molar-refractivity contribution is 5.85. The van der Waals surface area contributed by atoms with E-state index in [1.165, 1.54) is 6.33 Å². The van der Waals surface area contributed by atoms with E-state index >= 15 is 0 Å². The van der Waals surface area contributed by atoms with Gasteiger partial charge in [-0.25, -0.2) is 9.97 Å². The van der Waals surface area contributed by atoms with Crippen molar-refractivity contribution in [3.05, 3.63) is 48.4 Å². The Kier molecular flexibility index (Phi) is 4.60. The normalized spacial score (nSPS) is 10.6. The van der Waals surface area contributed by atoms with Gasteiger partial charge in [0.2, 0.25) is 0 Å². The number of hydrogen-bond donors (Lipinski definition) is 2. The number of nitrogens with zero attached hydrogens (tertiary/aromatic N) is 3. The Labute approximate surface area is 139 Å². The number of hydrogen-bond acceptors (Lipinski definition) is 6. The summed E-state index contributed by atoms with van der Waals surface area (Å²) in [6.07, 6.45) is 5.75. The number of H-pyrrole nitrogens is 1. The molecule has 0 fully saturated rings. The fraction of sp³-hybridized carbons (Fsp3) is 0.235. The number of methoxy groups -OCH3 is 2. The third-order valence-corrected chi connectivity index (χ3v) is 3.69. The Hall–Kier alpha value is -3.09. The first-order valence-corrected chi connectivity index (χ1v) is 7.49. The van der Waals surface area contributed by atoms with Gasteiger partial charge in [-0.1, -0.05) is 6.08 Å². The summed E-state index contributed by atoms with van der Waals surface area (Å²) in [6, 6.07) is 4.02. The monoisotopic (exact) mass is 325 g/mol. The minimum atomic E-state index is 0.585. The Balaban J connectivity index is 1.88. The maximum absolute atomic E-state index is 5.46. The molecule has 0 atom stereocenters. The highest BCUT2D eigenvalue weighted by Crippen LogP contribution is 2.33. The lowest BCUT2D eigenvalue weighted by Crippen LogP contribution is -2.04. The summed E-state index contributed by atoms with van der Waals surface area (Å²) in [5.41, 5.74) is 2.78. The number of nitrogens with one attached hydrogen (secondary N) is 2. The number of aromatic amines is 1. The molecule has 0 amide bonds. The molecule has 0 saturated heterocycles. The lowest BCUT2D eigenvalue weighted by atomic mass is 10.1. The SMILES string of the molecule is C=CCc1cc(CNc2ncnc3[nH]ncc23)cc(OC)c1OC. The number of fused-ring (bicyclic) bond motifs is 1. The van der Waals surface area contributed by atoms with E-state index < -0.39 is 0 Å². The van der Waals surface area contributed by atoms with Gasteiger partial charge in [-0.2, -0.15) is 5.10 Å². The highest BCUT2D eigenvalue weighted by atomic mass is 16.5. The van der Waals surface area contributed by atoms with Crippen molar-refractivity contribution in [2.75, 3.05) is 19.5 Å². The van der Waals surface area contributed by atoms with Crippen LogP contribution in [0.4, 0.5) is 5.82 Å². The van der Waals surface area contributed by atoms with Crippen molar-refractivity contribution < 1.29 is 9.47 Å². The average molecular weight is 325 g/mol. The van der Waals surface area contributed by atoms with E-state index in [1.807, 2.05) is 12.1 Å². The van der Waals surface area contributed by atoms with Crippen LogP contribution in [0.5, 0.6) is 11.5 Å². The number of rotatable bonds is 7. The third kappa shape index (κ3) is 3.01. The van der Waals surface area contributed by atoms with Crippen molar-refractivity contribution >= 4 is 16.9 Å². The molecule has 0 unspecified atom stereocenters. The molecule has 124 valence electrons. The molecule has 0 spiro atoms. The maximum Gasteiger partial charge on any atom is 0.164 e. The molecule has 1 aromatic carbocycles. The number of ether oxygens (including phenoxy) is 2. The highest BCUT2D eigenvalue weighted by Gasteiger charge is 2.12. The lowest BCUT2D eigenvalue weighted by Gasteiger charge is -2.15. The van der Waals surface area contributed by atoms with Crippen molar-refractivity contribution in [1.29, 1.82) is 0 Å². The van der Waals surface area contributed by atoms with Crippen molar-refractivity contribution in [3.8, 4) is 11.5 Å². The van der Waals surface area contributed by atoms with Crippen LogP contribution in [0.1, 0.15) is 11.1 Å². The second-order valence-corrected chi connectivity index (χ2v) is 5.19. The molecule has 0 radical (unpaired) electrons. The first kappa shape index (κ1) is 15.8. The smallest absolute Gasteiger partial charge is 0.164 e. The zero-order valence-corrected chi connectivity index (χ0v) is 13.7. The predicted octanol–water partition coefficient (Wildman–Crippen LogP) is 2.71. The summed E-state index contributed by atoms with van der Waals surface area (Å²) >= 11 is 0. The fourth-order valence-corrected chi connectivity index (χ4v) is 2.61. The second kappa shape index (κ2) is 6.99. The first-order chi connectivity index (χ1) is 11.8. The first-order valence-electron chi connectivity index (χ1n) is 7.49. The van der Waals surface area contributed by atoms with E-state index in [2.05, 4.69) is 38.1 Å². The summed E-state index contributed by atoms with van der Waals surface area (Å²) in [5, 5.41) is 11.0. The van der Waals surface area contributed by atoms with E-state index in [0.717, 1.165) is 28.1 Å². The van der Waals surface area contributed by atoms with Gasteiger partial charge in [-0.05, 0) is 24.1 Å². The van der Waals surface area contributed by atoms with Crippen LogP contribution >= 0.6 is 0 Å². The van der Waals surface area contributed by atoms with Crippen LogP contribution in [0.3, 0.4) is 0 Å². The Morgan fingerprint density at radius 2 is 2.12 bits per heavy atom. The molecule has 3 rings (SSSR count). The lowest BCUT2D eigenvalue weighted by molar-refractivity contribution is 0.352. The number of aromatic nitrogens is 4. The van der Waals surface area contributed by atoms with E-state index in [9.17, 15) is 0 Å². The molecule has 0 aliphatic heterocycles. The van der Waals surface area contributed by atoms with Gasteiger partial charge in [-0.3, -0.25) is 5.10 Å². The minimum absolute atomic E-state index is 0.585. The third-order valence-electron chi connectivity index (χ3n) is 3.69. The Morgan fingerprint density at radius 3 is 2.88 bits per heavy atom. The van der Waals surface area contributed by atoms with Crippen LogP contribution in [0.25, 0.3) is 11.0 Å². The predicted molar refractivity (Wildman–Crippen MR) is 92.5 cm³/mol. The Morgan fingerprint density at radius 1 is 1.25 bits per heavy atom. The van der Waals surface area contributed by atoms with E-state index in [0.29, 0.717) is 24.4 Å². The van der Waals surface area contributed by atoms with Crippen LogP contribution < -0.4 is 14.8 Å². The second-order valence-electron chi connectivity index (χ2n) is 5.19. The van der Waals surface area contributed by atoms with Gasteiger partial charge in [0.05, 0.1) is 25.8 Å². The molecule has 7 nitrogen and oxygen atoms in total. The molecule has 7 heteroatoms. The van der Waals surface area contributed by atoms with Crippen molar-refractivity contribution in [2.45, 2.75) is 13.0 Å². The van der Waals surface area contributed by atoms with Crippen molar-refractivity contribution in [1.82, 2.24) is 20.2 Å². The molecule has 0 aliphatic rings. The molecule has 3 aromatic rings. The molecule has 2 N–H and O–H groups in total. The molecular weight excluding hydrogens is 306 g/mol. The summed E-state index contributed by atoms with van der Waals surface area (Å²) in [4.78, 5) is 8.40. The van der Waals surface area contributed by atoms with E-state index in [4.69, 9.17) is 9.47 Å². The quantitative estimate of drug-likeness (QED) is 0.650. The molecule has 0 aliphatic carbocycles. The summed E-state index contributed by atoms with van der Waals surface area (Å²) in [5.74, 6) is 2.17. The zero-order chi connectivity index (χ0) is 16.9. The maximum atomic E-state index is 5.46.